The van der Waals surface area contributed by atoms with Gasteiger partial charge in [-0.1, -0.05) is 42.5 Å². The van der Waals surface area contributed by atoms with E-state index in [1.165, 1.54) is 5.56 Å². The molecule has 0 aliphatic rings. The first kappa shape index (κ1) is 17.1. The van der Waals surface area contributed by atoms with E-state index >= 15 is 0 Å². The second-order valence-electron chi connectivity index (χ2n) is 5.76. The lowest BCUT2D eigenvalue weighted by Crippen LogP contribution is -3.00. The molecule has 126 valence electrons. The Bertz CT molecular complexity index is 972. The van der Waals surface area contributed by atoms with E-state index in [1.54, 1.807) is 6.26 Å². The van der Waals surface area contributed by atoms with Crippen molar-refractivity contribution in [2.75, 3.05) is 0 Å². The first-order valence-corrected chi connectivity index (χ1v) is 8.06. The molecule has 1 unspecified atom stereocenters. The normalized spacial score (nSPS) is 12.4. The Labute approximate surface area is 153 Å². The van der Waals surface area contributed by atoms with Crippen molar-refractivity contribution in [1.29, 1.82) is 0 Å². The molecule has 4 aromatic rings. The Morgan fingerprint density at radius 3 is 2.44 bits per heavy atom. The predicted octanol–water partition coefficient (Wildman–Crippen LogP) is 2.41. The van der Waals surface area contributed by atoms with E-state index in [2.05, 4.69) is 47.9 Å². The average molecular weight is 350 g/mol. The second kappa shape index (κ2) is 7.41. The van der Waals surface area contributed by atoms with Crippen molar-refractivity contribution >= 4 is 23.2 Å². The van der Waals surface area contributed by atoms with Crippen molar-refractivity contribution in [1.82, 2.24) is 9.55 Å². The van der Waals surface area contributed by atoms with E-state index in [-0.39, 0.29) is 18.4 Å². The van der Waals surface area contributed by atoms with Crippen LogP contribution in [-0.4, -0.2) is 9.55 Å². The van der Waals surface area contributed by atoms with Crippen LogP contribution in [0.1, 0.15) is 30.1 Å². The lowest BCUT2D eigenvalue weighted by molar-refractivity contribution is -0.00000526. The molecule has 3 nitrogen and oxygen atoms in total. The van der Waals surface area contributed by atoms with Gasteiger partial charge in [0.25, 0.3) is 0 Å². The minimum Gasteiger partial charge on any atom is -1.00 e. The first-order valence-electron chi connectivity index (χ1n) is 8.06. The molecule has 0 N–H and O–H groups in total. The van der Waals surface area contributed by atoms with Crippen molar-refractivity contribution < 1.29 is 16.8 Å². The largest absolute Gasteiger partial charge is 1.00 e. The number of benzene rings is 2. The Balaban J connectivity index is 0.00000182. The van der Waals surface area contributed by atoms with Gasteiger partial charge in [0.1, 0.15) is 11.6 Å². The van der Waals surface area contributed by atoms with E-state index in [4.69, 9.17) is 9.40 Å². The minimum atomic E-state index is 0. The highest BCUT2D eigenvalue weighted by Gasteiger charge is 2.15. The van der Waals surface area contributed by atoms with Gasteiger partial charge < -0.3 is 21.4 Å². The lowest BCUT2D eigenvalue weighted by atomic mass is 10.1. The number of fused-ring (bicyclic) bond motifs is 1. The van der Waals surface area contributed by atoms with Gasteiger partial charge in [0.05, 0.1) is 23.3 Å². The molecule has 2 aromatic heterocycles. The summed E-state index contributed by atoms with van der Waals surface area (Å²) in [6.45, 7) is 2.20. The van der Waals surface area contributed by atoms with Gasteiger partial charge in [-0.25, -0.2) is 4.98 Å². The molecule has 1 atom stereocenters. The van der Waals surface area contributed by atoms with Crippen LogP contribution in [0.3, 0.4) is 0 Å². The monoisotopic (exact) mass is 349 g/mol. The average Bonchev–Trinajstić information content (AvgIpc) is 3.27. The zero-order valence-electron chi connectivity index (χ0n) is 13.8. The summed E-state index contributed by atoms with van der Waals surface area (Å²) in [6.07, 6.45) is 5.64. The summed E-state index contributed by atoms with van der Waals surface area (Å²) in [4.78, 5) is 4.79. The van der Waals surface area contributed by atoms with Crippen molar-refractivity contribution in [2.24, 2.45) is 0 Å². The first-order chi connectivity index (χ1) is 11.8. The fourth-order valence-electron chi connectivity index (χ4n) is 3.01. The third-order valence-electron chi connectivity index (χ3n) is 4.23. The predicted molar refractivity (Wildman–Crippen MR) is 97.6 cm³/mol. The number of halogens is 1. The van der Waals surface area contributed by atoms with Crippen LogP contribution >= 0.6 is 0 Å². The quantitative estimate of drug-likeness (QED) is 0.566. The zero-order chi connectivity index (χ0) is 16.4. The van der Waals surface area contributed by atoms with Crippen molar-refractivity contribution in [3.8, 4) is 0 Å². The lowest BCUT2D eigenvalue weighted by Gasteiger charge is -2.17. The van der Waals surface area contributed by atoms with Crippen molar-refractivity contribution in [3.05, 3.63) is 90.1 Å². The summed E-state index contributed by atoms with van der Waals surface area (Å²) in [5.74, 6) is 1.74. The van der Waals surface area contributed by atoms with Crippen LogP contribution in [0.5, 0.6) is 0 Å². The molecular weight excluding hydrogens is 332 g/mol. The number of para-hydroxylation sites is 2. The van der Waals surface area contributed by atoms with Crippen LogP contribution in [0.4, 0.5) is 0 Å². The highest BCUT2D eigenvalue weighted by atomic mass is 35.5. The summed E-state index contributed by atoms with van der Waals surface area (Å²) >= 11 is 0. The fraction of sp³-hybridized carbons (Fsp3) is 0.0952. The van der Waals surface area contributed by atoms with Gasteiger partial charge in [-0.05, 0) is 48.9 Å². The molecule has 0 amide bonds. The number of aromatic nitrogens is 2. The van der Waals surface area contributed by atoms with Crippen LogP contribution < -0.4 is 12.4 Å². The highest BCUT2D eigenvalue weighted by Crippen LogP contribution is 2.27. The van der Waals surface area contributed by atoms with Crippen molar-refractivity contribution in [2.45, 2.75) is 13.0 Å². The highest BCUT2D eigenvalue weighted by molar-refractivity contribution is 5.80. The SMILES string of the molecule is CC(c1ccccc1)n1c(/C=C/c2ccco2)nc2ccccc21.[Cl-]. The molecule has 25 heavy (non-hydrogen) atoms. The van der Waals surface area contributed by atoms with E-state index in [1.807, 2.05) is 42.5 Å². The molecule has 0 bridgehead atoms. The standard InChI is InChI=1S/C21H18N2O.ClH/c1-16(17-8-3-2-4-9-17)23-20-12-6-5-11-19(20)22-21(23)14-13-18-10-7-15-24-18;/h2-16H,1H3;1H/p-1/b14-13+;. The number of nitrogens with zero attached hydrogens (tertiary/aromatic N) is 2. The summed E-state index contributed by atoms with van der Waals surface area (Å²) in [5, 5.41) is 0. The molecule has 0 spiro atoms. The maximum absolute atomic E-state index is 5.39. The summed E-state index contributed by atoms with van der Waals surface area (Å²) < 4.78 is 7.66. The summed E-state index contributed by atoms with van der Waals surface area (Å²) in [5.41, 5.74) is 3.39. The van der Waals surface area contributed by atoms with E-state index in [9.17, 15) is 0 Å². The molecule has 0 radical (unpaired) electrons. The van der Waals surface area contributed by atoms with Gasteiger partial charge >= 0.3 is 0 Å². The van der Waals surface area contributed by atoms with Crippen LogP contribution in [0, 0.1) is 0 Å². The van der Waals surface area contributed by atoms with Gasteiger partial charge in [-0.2, -0.15) is 0 Å². The molecular formula is C21H18ClN2O-. The summed E-state index contributed by atoms with van der Waals surface area (Å²) in [7, 11) is 0. The Morgan fingerprint density at radius 1 is 0.920 bits per heavy atom. The smallest absolute Gasteiger partial charge is 0.134 e. The zero-order valence-corrected chi connectivity index (χ0v) is 14.6. The molecule has 0 saturated heterocycles. The van der Waals surface area contributed by atoms with E-state index < -0.39 is 0 Å². The van der Waals surface area contributed by atoms with Crippen LogP contribution in [0.15, 0.2) is 77.4 Å². The van der Waals surface area contributed by atoms with Crippen molar-refractivity contribution in [3.63, 3.8) is 0 Å². The Kier molecular flexibility index (Phi) is 5.05. The maximum atomic E-state index is 5.39. The van der Waals surface area contributed by atoms with Gasteiger partial charge in [0.2, 0.25) is 0 Å². The van der Waals surface area contributed by atoms with Gasteiger partial charge in [-0.3, -0.25) is 0 Å². The third kappa shape index (κ3) is 3.37. The van der Waals surface area contributed by atoms with Crippen LogP contribution in [-0.2, 0) is 0 Å². The molecule has 4 heteroatoms. The number of hydrogen-bond donors (Lipinski definition) is 0. The Hall–Kier alpha value is -2.78. The molecule has 0 aliphatic carbocycles. The number of furan rings is 1. The van der Waals surface area contributed by atoms with Gasteiger partial charge in [0.15, 0.2) is 0 Å². The summed E-state index contributed by atoms with van der Waals surface area (Å²) in [6, 6.07) is 22.7. The third-order valence-corrected chi connectivity index (χ3v) is 4.23. The minimum absolute atomic E-state index is 0. The topological polar surface area (TPSA) is 31.0 Å². The molecule has 2 heterocycles. The number of hydrogen-bond acceptors (Lipinski definition) is 2. The van der Waals surface area contributed by atoms with E-state index in [0.29, 0.717) is 0 Å². The molecule has 0 aliphatic heterocycles. The number of rotatable bonds is 4. The van der Waals surface area contributed by atoms with E-state index in [0.717, 1.165) is 22.6 Å². The maximum Gasteiger partial charge on any atom is 0.134 e. The molecule has 4 rings (SSSR count). The van der Waals surface area contributed by atoms with Gasteiger partial charge in [-0.15, -0.1) is 0 Å². The molecule has 0 fully saturated rings. The van der Waals surface area contributed by atoms with Crippen LogP contribution in [0.2, 0.25) is 0 Å². The van der Waals surface area contributed by atoms with Gasteiger partial charge in [0, 0.05) is 0 Å². The molecule has 0 saturated carbocycles. The fourth-order valence-corrected chi connectivity index (χ4v) is 3.01. The number of imidazole rings is 1. The molecule has 2 aromatic carbocycles. The Morgan fingerprint density at radius 2 is 1.68 bits per heavy atom. The van der Waals surface area contributed by atoms with Crippen LogP contribution in [0.25, 0.3) is 23.2 Å². The second-order valence-corrected chi connectivity index (χ2v) is 5.76.